The van der Waals surface area contributed by atoms with Crippen LogP contribution in [0.15, 0.2) is 48.5 Å². The molecule has 0 aliphatic rings. The van der Waals surface area contributed by atoms with Crippen LogP contribution >= 0.6 is 0 Å². The van der Waals surface area contributed by atoms with Gasteiger partial charge in [0.1, 0.15) is 0 Å². The lowest BCUT2D eigenvalue weighted by atomic mass is 10.1. The fourth-order valence-electron chi connectivity index (χ4n) is 3.24. The lowest BCUT2D eigenvalue weighted by molar-refractivity contribution is -0.123. The molecule has 1 heterocycles. The van der Waals surface area contributed by atoms with Crippen LogP contribution in [0.4, 0.5) is 0 Å². The summed E-state index contributed by atoms with van der Waals surface area (Å²) in [5.41, 5.74) is 4.73. The zero-order valence-corrected chi connectivity index (χ0v) is 18.3. The summed E-state index contributed by atoms with van der Waals surface area (Å²) in [5.74, 6) is 0.549. The molecule has 1 aromatic heterocycles. The number of nitrogens with one attached hydrogen (secondary N) is 1. The molecule has 0 bridgehead atoms. The number of nitrogens with zero attached hydrogens (tertiary/aromatic N) is 2. The van der Waals surface area contributed by atoms with Crippen LogP contribution < -0.4 is 14.8 Å². The molecule has 0 spiro atoms. The number of methoxy groups -OCH3 is 1. The number of ether oxygens (including phenoxy) is 2. The summed E-state index contributed by atoms with van der Waals surface area (Å²) >= 11 is 0. The number of aromatic nitrogens is 2. The summed E-state index contributed by atoms with van der Waals surface area (Å²) < 4.78 is 12.7. The number of rotatable bonds is 9. The van der Waals surface area contributed by atoms with Gasteiger partial charge in [0.2, 0.25) is 0 Å². The average molecular weight is 421 g/mol. The molecule has 3 rings (SSSR count). The van der Waals surface area contributed by atoms with Crippen molar-refractivity contribution < 1.29 is 19.1 Å². The molecule has 1 N–H and O–H groups in total. The van der Waals surface area contributed by atoms with Gasteiger partial charge in [0.15, 0.2) is 23.9 Å². The summed E-state index contributed by atoms with van der Waals surface area (Å²) in [6.07, 6.45) is 0.708. The van der Waals surface area contributed by atoms with E-state index in [1.54, 1.807) is 18.2 Å². The van der Waals surface area contributed by atoms with E-state index in [0.717, 1.165) is 22.6 Å². The highest BCUT2D eigenvalue weighted by molar-refractivity contribution is 5.94. The summed E-state index contributed by atoms with van der Waals surface area (Å²) in [6, 6.07) is 15.0. The highest BCUT2D eigenvalue weighted by atomic mass is 16.5. The minimum Gasteiger partial charge on any atom is -0.493 e. The molecule has 1 amide bonds. The van der Waals surface area contributed by atoms with Gasteiger partial charge in [-0.1, -0.05) is 12.1 Å². The molecule has 0 radical (unpaired) electrons. The van der Waals surface area contributed by atoms with Crippen LogP contribution in [0.2, 0.25) is 0 Å². The first-order chi connectivity index (χ1) is 14.9. The number of carbonyl (C=O) groups is 2. The van der Waals surface area contributed by atoms with E-state index in [1.165, 1.54) is 14.0 Å². The van der Waals surface area contributed by atoms with Gasteiger partial charge in [-0.15, -0.1) is 0 Å². The highest BCUT2D eigenvalue weighted by Gasteiger charge is 2.10. The van der Waals surface area contributed by atoms with E-state index in [0.29, 0.717) is 30.0 Å². The number of amides is 1. The van der Waals surface area contributed by atoms with Crippen molar-refractivity contribution in [3.05, 3.63) is 71.0 Å². The number of carbonyl (C=O) groups excluding carboxylic acids is 2. The molecule has 0 unspecified atom stereocenters. The van der Waals surface area contributed by atoms with E-state index in [1.807, 2.05) is 48.9 Å². The molecule has 0 aliphatic carbocycles. The number of hydrogen-bond donors (Lipinski definition) is 1. The molecule has 0 atom stereocenters. The van der Waals surface area contributed by atoms with Crippen molar-refractivity contribution in [1.82, 2.24) is 15.1 Å². The van der Waals surface area contributed by atoms with Crippen molar-refractivity contribution in [2.75, 3.05) is 20.3 Å². The largest absolute Gasteiger partial charge is 0.493 e. The standard InChI is InChI=1S/C24H27N3O4/c1-16-13-17(2)27(26-16)21-8-5-19(6-9-21)11-12-25-24(29)15-31-22-10-7-20(18(3)28)14-23(22)30-4/h5-10,13-14H,11-12,15H2,1-4H3,(H,25,29). The maximum absolute atomic E-state index is 12.1. The predicted octanol–water partition coefficient (Wildman–Crippen LogP) is 3.44. The lowest BCUT2D eigenvalue weighted by Crippen LogP contribution is -2.30. The van der Waals surface area contributed by atoms with Gasteiger partial charge in [0.25, 0.3) is 5.91 Å². The van der Waals surface area contributed by atoms with Gasteiger partial charge in [-0.25, -0.2) is 4.68 Å². The third-order valence-electron chi connectivity index (χ3n) is 4.86. The van der Waals surface area contributed by atoms with Crippen LogP contribution in [0.5, 0.6) is 11.5 Å². The highest BCUT2D eigenvalue weighted by Crippen LogP contribution is 2.28. The Hall–Kier alpha value is -3.61. The normalized spacial score (nSPS) is 10.6. The second kappa shape index (κ2) is 9.93. The average Bonchev–Trinajstić information content (AvgIpc) is 3.10. The van der Waals surface area contributed by atoms with Crippen LogP contribution in [0.25, 0.3) is 5.69 Å². The van der Waals surface area contributed by atoms with Gasteiger partial charge in [-0.2, -0.15) is 5.10 Å². The van der Waals surface area contributed by atoms with Gasteiger partial charge >= 0.3 is 0 Å². The molecule has 162 valence electrons. The molecule has 3 aromatic rings. The molecular formula is C24H27N3O4. The number of hydrogen-bond acceptors (Lipinski definition) is 5. The van der Waals surface area contributed by atoms with Crippen LogP contribution in [0.1, 0.15) is 34.2 Å². The molecular weight excluding hydrogens is 394 g/mol. The number of ketones is 1. The SMILES string of the molecule is COc1cc(C(C)=O)ccc1OCC(=O)NCCc1ccc(-n2nc(C)cc2C)cc1. The molecule has 0 saturated heterocycles. The fourth-order valence-corrected chi connectivity index (χ4v) is 3.24. The topological polar surface area (TPSA) is 82.5 Å². The van der Waals surface area contributed by atoms with Gasteiger partial charge in [0.05, 0.1) is 18.5 Å². The smallest absolute Gasteiger partial charge is 0.257 e. The Labute approximate surface area is 182 Å². The zero-order chi connectivity index (χ0) is 22.4. The van der Waals surface area contributed by atoms with Crippen molar-refractivity contribution in [2.24, 2.45) is 0 Å². The van der Waals surface area contributed by atoms with Gasteiger partial charge < -0.3 is 14.8 Å². The van der Waals surface area contributed by atoms with Crippen molar-refractivity contribution in [1.29, 1.82) is 0 Å². The van der Waals surface area contributed by atoms with E-state index < -0.39 is 0 Å². The van der Waals surface area contributed by atoms with Crippen molar-refractivity contribution in [3.8, 4) is 17.2 Å². The van der Waals surface area contributed by atoms with Crippen molar-refractivity contribution in [3.63, 3.8) is 0 Å². The van der Waals surface area contributed by atoms with Crippen LogP contribution in [-0.2, 0) is 11.2 Å². The number of Topliss-reactive ketones (excluding diaryl/α,β-unsaturated/α-hetero) is 1. The molecule has 31 heavy (non-hydrogen) atoms. The van der Waals surface area contributed by atoms with E-state index in [-0.39, 0.29) is 18.3 Å². The maximum atomic E-state index is 12.1. The number of aryl methyl sites for hydroxylation is 2. The Morgan fingerprint density at radius 2 is 1.77 bits per heavy atom. The molecule has 2 aromatic carbocycles. The molecule has 0 saturated carbocycles. The van der Waals surface area contributed by atoms with E-state index in [2.05, 4.69) is 10.4 Å². The Bertz CT molecular complexity index is 1070. The first kappa shape index (κ1) is 22.1. The summed E-state index contributed by atoms with van der Waals surface area (Å²) in [4.78, 5) is 23.6. The molecule has 7 nitrogen and oxygen atoms in total. The second-order valence-electron chi connectivity index (χ2n) is 7.32. The minimum atomic E-state index is -0.225. The van der Waals surface area contributed by atoms with Crippen molar-refractivity contribution in [2.45, 2.75) is 27.2 Å². The Balaban J connectivity index is 1.47. The predicted molar refractivity (Wildman–Crippen MR) is 118 cm³/mol. The molecule has 0 fully saturated rings. The lowest BCUT2D eigenvalue weighted by Gasteiger charge is -2.12. The Morgan fingerprint density at radius 3 is 2.39 bits per heavy atom. The Kier molecular flexibility index (Phi) is 7.07. The van der Waals surface area contributed by atoms with E-state index in [4.69, 9.17) is 9.47 Å². The first-order valence-electron chi connectivity index (χ1n) is 10.1. The fraction of sp³-hybridized carbons (Fsp3) is 0.292. The quantitative estimate of drug-likeness (QED) is 0.535. The van der Waals surface area contributed by atoms with Gasteiger partial charge in [-0.3, -0.25) is 9.59 Å². The molecule has 0 aliphatic heterocycles. The minimum absolute atomic E-state index is 0.0644. The van der Waals surface area contributed by atoms with Crippen molar-refractivity contribution >= 4 is 11.7 Å². The van der Waals surface area contributed by atoms with Crippen LogP contribution in [0, 0.1) is 13.8 Å². The monoisotopic (exact) mass is 421 g/mol. The van der Waals surface area contributed by atoms with Crippen LogP contribution in [0.3, 0.4) is 0 Å². The zero-order valence-electron chi connectivity index (χ0n) is 18.3. The summed E-state index contributed by atoms with van der Waals surface area (Å²) in [7, 11) is 1.49. The third-order valence-corrected chi connectivity index (χ3v) is 4.86. The number of benzene rings is 2. The van der Waals surface area contributed by atoms with Gasteiger partial charge in [0, 0.05) is 17.8 Å². The third kappa shape index (κ3) is 5.72. The molecule has 7 heteroatoms. The van der Waals surface area contributed by atoms with E-state index in [9.17, 15) is 9.59 Å². The summed E-state index contributed by atoms with van der Waals surface area (Å²) in [5, 5.41) is 7.34. The maximum Gasteiger partial charge on any atom is 0.257 e. The van der Waals surface area contributed by atoms with E-state index >= 15 is 0 Å². The van der Waals surface area contributed by atoms with Crippen LogP contribution in [-0.4, -0.2) is 41.7 Å². The Morgan fingerprint density at radius 1 is 1.03 bits per heavy atom. The first-order valence-corrected chi connectivity index (χ1v) is 10.1. The second-order valence-corrected chi connectivity index (χ2v) is 7.32. The summed E-state index contributed by atoms with van der Waals surface area (Å²) in [6.45, 7) is 5.85. The van der Waals surface area contributed by atoms with Gasteiger partial charge in [-0.05, 0) is 69.2 Å².